The summed E-state index contributed by atoms with van der Waals surface area (Å²) in [4.78, 5) is 24.6. The van der Waals surface area contributed by atoms with Gasteiger partial charge in [0.15, 0.2) is 0 Å². The highest BCUT2D eigenvalue weighted by molar-refractivity contribution is 6.42. The van der Waals surface area contributed by atoms with Crippen molar-refractivity contribution in [2.75, 3.05) is 11.4 Å². The highest BCUT2D eigenvalue weighted by atomic mass is 35.5. The Bertz CT molecular complexity index is 459. The zero-order valence-electron chi connectivity index (χ0n) is 8.87. The van der Waals surface area contributed by atoms with Crippen LogP contribution in [-0.2, 0) is 4.79 Å². The van der Waals surface area contributed by atoms with Gasteiger partial charge in [-0.3, -0.25) is 4.79 Å². The van der Waals surface area contributed by atoms with E-state index in [0.717, 1.165) is 4.90 Å². The van der Waals surface area contributed by atoms with E-state index in [1.165, 1.54) is 6.07 Å². The summed E-state index contributed by atoms with van der Waals surface area (Å²) in [5.41, 5.74) is 0.434. The van der Waals surface area contributed by atoms with Crippen molar-refractivity contribution in [1.29, 1.82) is 0 Å². The van der Waals surface area contributed by atoms with Crippen molar-refractivity contribution in [3.05, 3.63) is 28.2 Å². The summed E-state index contributed by atoms with van der Waals surface area (Å²) >= 11 is 11.7. The van der Waals surface area contributed by atoms with E-state index in [1.54, 1.807) is 12.1 Å². The molecule has 0 radical (unpaired) electrons. The predicted molar refractivity (Wildman–Crippen MR) is 66.6 cm³/mol. The topological polar surface area (TPSA) is 49.4 Å². The van der Waals surface area contributed by atoms with Crippen LogP contribution < -0.4 is 10.2 Å². The Hall–Kier alpha value is -1.26. The molecule has 1 aliphatic rings. The second kappa shape index (κ2) is 4.94. The quantitative estimate of drug-likeness (QED) is 0.855. The monoisotopic (exact) mass is 272 g/mol. The molecule has 1 saturated heterocycles. The molecule has 0 spiro atoms. The van der Waals surface area contributed by atoms with Crippen LogP contribution in [0.15, 0.2) is 18.2 Å². The molecule has 6 heteroatoms. The molecule has 2 rings (SSSR count). The number of halogens is 2. The largest absolute Gasteiger partial charge is 0.337 e. The summed E-state index contributed by atoms with van der Waals surface area (Å²) in [5.74, 6) is -0.238. The zero-order valence-corrected chi connectivity index (χ0v) is 10.4. The highest BCUT2D eigenvalue weighted by Crippen LogP contribution is 2.28. The van der Waals surface area contributed by atoms with Crippen LogP contribution in [0.4, 0.5) is 10.5 Å². The molecule has 0 atom stereocenters. The molecule has 1 fully saturated rings. The van der Waals surface area contributed by atoms with E-state index >= 15 is 0 Å². The fourth-order valence-corrected chi connectivity index (χ4v) is 1.92. The van der Waals surface area contributed by atoms with Crippen LogP contribution in [-0.4, -0.2) is 18.5 Å². The van der Waals surface area contributed by atoms with E-state index in [4.69, 9.17) is 23.2 Å². The molecule has 0 aliphatic carbocycles. The predicted octanol–water partition coefficient (Wildman–Crippen LogP) is 2.83. The molecule has 3 amide bonds. The third-order valence-corrected chi connectivity index (χ3v) is 3.20. The first-order valence-electron chi connectivity index (χ1n) is 5.15. The average Bonchev–Trinajstić information content (AvgIpc) is 2.45. The molecule has 90 valence electrons. The van der Waals surface area contributed by atoms with Crippen LogP contribution >= 0.6 is 23.2 Å². The highest BCUT2D eigenvalue weighted by Gasteiger charge is 2.25. The van der Waals surface area contributed by atoms with Crippen LogP contribution in [0.1, 0.15) is 12.8 Å². The molecular weight excluding hydrogens is 263 g/mol. The van der Waals surface area contributed by atoms with Crippen molar-refractivity contribution in [3.8, 4) is 0 Å². The maximum absolute atomic E-state index is 11.8. The molecule has 1 heterocycles. The first-order chi connectivity index (χ1) is 8.09. The van der Waals surface area contributed by atoms with Gasteiger partial charge in [0.2, 0.25) is 5.91 Å². The van der Waals surface area contributed by atoms with Crippen LogP contribution in [0, 0.1) is 0 Å². The van der Waals surface area contributed by atoms with Gasteiger partial charge in [-0.2, -0.15) is 0 Å². The number of rotatable bonds is 1. The third kappa shape index (κ3) is 2.53. The second-order valence-corrected chi connectivity index (χ2v) is 4.48. The lowest BCUT2D eigenvalue weighted by Gasteiger charge is -2.18. The van der Waals surface area contributed by atoms with Gasteiger partial charge in [-0.05, 0) is 24.6 Å². The summed E-state index contributed by atoms with van der Waals surface area (Å²) in [6, 6.07) is 4.24. The van der Waals surface area contributed by atoms with Crippen molar-refractivity contribution in [1.82, 2.24) is 5.32 Å². The van der Waals surface area contributed by atoms with E-state index in [1.807, 2.05) is 0 Å². The molecule has 0 unspecified atom stereocenters. The number of carbonyl (C=O) groups is 2. The number of amides is 3. The molecule has 1 aliphatic heterocycles. The molecule has 1 N–H and O–H groups in total. The number of hydrogen-bond acceptors (Lipinski definition) is 2. The van der Waals surface area contributed by atoms with E-state index in [0.29, 0.717) is 35.1 Å². The maximum Gasteiger partial charge on any atom is 0.328 e. The lowest BCUT2D eigenvalue weighted by atomic mass is 10.2. The second-order valence-electron chi connectivity index (χ2n) is 3.66. The van der Waals surface area contributed by atoms with Crippen molar-refractivity contribution in [2.45, 2.75) is 12.8 Å². The van der Waals surface area contributed by atoms with E-state index in [-0.39, 0.29) is 5.91 Å². The lowest BCUT2D eigenvalue weighted by molar-refractivity contribution is -0.117. The normalized spacial score (nSPS) is 16.7. The Morgan fingerprint density at radius 2 is 1.94 bits per heavy atom. The first kappa shape index (κ1) is 12.2. The Balaban J connectivity index is 2.38. The molecule has 1 aromatic rings. The van der Waals surface area contributed by atoms with Gasteiger partial charge in [0.1, 0.15) is 0 Å². The Kier molecular flexibility index (Phi) is 3.54. The molecule has 0 aromatic heterocycles. The molecular formula is C11H10Cl2N2O2. The lowest BCUT2D eigenvalue weighted by Crippen LogP contribution is -2.41. The van der Waals surface area contributed by atoms with Gasteiger partial charge >= 0.3 is 6.03 Å². The molecule has 17 heavy (non-hydrogen) atoms. The number of anilines is 1. The summed E-state index contributed by atoms with van der Waals surface area (Å²) < 4.78 is 0. The van der Waals surface area contributed by atoms with Crippen molar-refractivity contribution in [3.63, 3.8) is 0 Å². The van der Waals surface area contributed by atoms with Gasteiger partial charge in [-0.1, -0.05) is 23.2 Å². The van der Waals surface area contributed by atoms with Crippen molar-refractivity contribution in [2.24, 2.45) is 0 Å². The van der Waals surface area contributed by atoms with Gasteiger partial charge in [0.25, 0.3) is 0 Å². The van der Waals surface area contributed by atoms with E-state index in [9.17, 15) is 9.59 Å². The first-order valence-corrected chi connectivity index (χ1v) is 5.91. The fraction of sp³-hybridized carbons (Fsp3) is 0.273. The van der Waals surface area contributed by atoms with E-state index < -0.39 is 6.03 Å². The standard InChI is InChI=1S/C11H10Cl2N2O2/c12-8-4-3-7(6-9(8)13)15-10(16)2-1-5-14-11(15)17/h3-4,6H,1-2,5H2,(H,14,17). The zero-order chi connectivity index (χ0) is 12.4. The Morgan fingerprint density at radius 3 is 2.65 bits per heavy atom. The van der Waals surface area contributed by atoms with Crippen LogP contribution in [0.5, 0.6) is 0 Å². The molecule has 1 aromatic carbocycles. The minimum Gasteiger partial charge on any atom is -0.337 e. The van der Waals surface area contributed by atoms with Gasteiger partial charge < -0.3 is 5.32 Å². The number of carbonyl (C=O) groups excluding carboxylic acids is 2. The van der Waals surface area contributed by atoms with Gasteiger partial charge in [0.05, 0.1) is 15.7 Å². The van der Waals surface area contributed by atoms with Crippen LogP contribution in [0.25, 0.3) is 0 Å². The SMILES string of the molecule is O=C1CCCNC(=O)N1c1ccc(Cl)c(Cl)c1. The summed E-state index contributed by atoms with van der Waals surface area (Å²) in [7, 11) is 0. The average molecular weight is 273 g/mol. The minimum absolute atomic E-state index is 0.238. The number of hydrogen-bond donors (Lipinski definition) is 1. The Morgan fingerprint density at radius 1 is 1.18 bits per heavy atom. The van der Waals surface area contributed by atoms with Crippen LogP contribution in [0.2, 0.25) is 10.0 Å². The fourth-order valence-electron chi connectivity index (χ4n) is 1.62. The maximum atomic E-state index is 11.8. The number of benzene rings is 1. The minimum atomic E-state index is -0.425. The number of nitrogens with zero attached hydrogens (tertiary/aromatic N) is 1. The van der Waals surface area contributed by atoms with Crippen molar-refractivity contribution < 1.29 is 9.59 Å². The third-order valence-electron chi connectivity index (χ3n) is 2.46. The van der Waals surface area contributed by atoms with E-state index in [2.05, 4.69) is 5.32 Å². The summed E-state index contributed by atoms with van der Waals surface area (Å²) in [6.07, 6.45) is 0.974. The number of nitrogens with one attached hydrogen (secondary N) is 1. The van der Waals surface area contributed by atoms with Gasteiger partial charge in [-0.15, -0.1) is 0 Å². The smallest absolute Gasteiger partial charge is 0.328 e. The molecule has 0 bridgehead atoms. The van der Waals surface area contributed by atoms with Gasteiger partial charge in [0, 0.05) is 13.0 Å². The molecule has 0 saturated carbocycles. The number of imide groups is 1. The number of urea groups is 1. The van der Waals surface area contributed by atoms with Crippen molar-refractivity contribution >= 4 is 40.8 Å². The molecule has 4 nitrogen and oxygen atoms in total. The summed E-state index contributed by atoms with van der Waals surface area (Å²) in [5, 5.41) is 3.35. The van der Waals surface area contributed by atoms with Gasteiger partial charge in [-0.25, -0.2) is 9.69 Å². The summed E-state index contributed by atoms with van der Waals surface area (Å²) in [6.45, 7) is 0.502. The van der Waals surface area contributed by atoms with Crippen LogP contribution in [0.3, 0.4) is 0 Å². The Labute approximate surface area is 108 Å².